The second kappa shape index (κ2) is 7.09. The van der Waals surface area contributed by atoms with Crippen LogP contribution in [-0.4, -0.2) is 12.6 Å². The molecule has 1 atom stereocenters. The van der Waals surface area contributed by atoms with E-state index in [2.05, 4.69) is 5.32 Å². The molecule has 1 unspecified atom stereocenters. The number of anilines is 1. The van der Waals surface area contributed by atoms with Gasteiger partial charge in [0.25, 0.3) is 0 Å². The SMILES string of the molecule is CCOC(=O)C(Nc1cc(Cl)ccc1F)c1ccccc1. The van der Waals surface area contributed by atoms with Gasteiger partial charge in [-0.2, -0.15) is 0 Å². The van der Waals surface area contributed by atoms with E-state index in [-0.39, 0.29) is 12.3 Å². The van der Waals surface area contributed by atoms with Crippen LogP contribution in [0.15, 0.2) is 48.5 Å². The molecule has 3 nitrogen and oxygen atoms in total. The maximum Gasteiger partial charge on any atom is 0.333 e. The summed E-state index contributed by atoms with van der Waals surface area (Å²) in [6.45, 7) is 1.97. The average Bonchev–Trinajstić information content (AvgIpc) is 2.49. The summed E-state index contributed by atoms with van der Waals surface area (Å²) in [5.74, 6) is -0.951. The Morgan fingerprint density at radius 2 is 2.00 bits per heavy atom. The monoisotopic (exact) mass is 307 g/mol. The van der Waals surface area contributed by atoms with Crippen molar-refractivity contribution < 1.29 is 13.9 Å². The number of carbonyl (C=O) groups excluding carboxylic acids is 1. The number of hydrogen-bond donors (Lipinski definition) is 1. The zero-order valence-electron chi connectivity index (χ0n) is 11.5. The standard InChI is InChI=1S/C16H15ClFNO2/c1-2-21-16(20)15(11-6-4-3-5-7-11)19-14-10-12(17)8-9-13(14)18/h3-10,15,19H,2H2,1H3. The third-order valence-corrected chi connectivity index (χ3v) is 3.12. The molecular weight excluding hydrogens is 293 g/mol. The summed E-state index contributed by atoms with van der Waals surface area (Å²) in [5.41, 5.74) is 0.847. The smallest absolute Gasteiger partial charge is 0.333 e. The summed E-state index contributed by atoms with van der Waals surface area (Å²) >= 11 is 5.86. The number of hydrogen-bond acceptors (Lipinski definition) is 3. The van der Waals surface area contributed by atoms with Crippen LogP contribution in [0.5, 0.6) is 0 Å². The lowest BCUT2D eigenvalue weighted by Crippen LogP contribution is -2.23. The Kier molecular flexibility index (Phi) is 5.17. The minimum Gasteiger partial charge on any atom is -0.464 e. The molecule has 0 aliphatic carbocycles. The van der Waals surface area contributed by atoms with Crippen LogP contribution in [0.2, 0.25) is 5.02 Å². The van der Waals surface area contributed by atoms with Crippen LogP contribution in [-0.2, 0) is 9.53 Å². The summed E-state index contributed by atoms with van der Waals surface area (Å²) in [6, 6.07) is 12.3. The topological polar surface area (TPSA) is 38.3 Å². The van der Waals surface area contributed by atoms with E-state index in [0.717, 1.165) is 0 Å². The Balaban J connectivity index is 2.32. The third-order valence-electron chi connectivity index (χ3n) is 2.88. The van der Waals surface area contributed by atoms with Crippen molar-refractivity contribution >= 4 is 23.3 Å². The predicted molar refractivity (Wildman–Crippen MR) is 80.8 cm³/mol. The van der Waals surface area contributed by atoms with Crippen molar-refractivity contribution in [3.05, 3.63) is 64.9 Å². The summed E-state index contributed by atoms with van der Waals surface area (Å²) in [5, 5.41) is 3.24. The lowest BCUT2D eigenvalue weighted by molar-refractivity contribution is -0.144. The van der Waals surface area contributed by atoms with Gasteiger partial charge >= 0.3 is 5.97 Å². The Morgan fingerprint density at radius 1 is 1.29 bits per heavy atom. The molecule has 0 heterocycles. The van der Waals surface area contributed by atoms with Crippen molar-refractivity contribution in [3.63, 3.8) is 0 Å². The summed E-state index contributed by atoms with van der Waals surface area (Å²) < 4.78 is 18.9. The number of halogens is 2. The van der Waals surface area contributed by atoms with Crippen LogP contribution in [0.1, 0.15) is 18.5 Å². The molecule has 0 fully saturated rings. The maximum atomic E-state index is 13.8. The number of nitrogens with one attached hydrogen (secondary N) is 1. The largest absolute Gasteiger partial charge is 0.464 e. The zero-order chi connectivity index (χ0) is 15.2. The van der Waals surface area contributed by atoms with Gasteiger partial charge in [-0.05, 0) is 30.7 Å². The first-order valence-electron chi connectivity index (χ1n) is 6.55. The van der Waals surface area contributed by atoms with Gasteiger partial charge in [0.2, 0.25) is 0 Å². The second-order valence-electron chi connectivity index (χ2n) is 4.36. The molecule has 0 spiro atoms. The van der Waals surface area contributed by atoms with Gasteiger partial charge in [0.1, 0.15) is 5.82 Å². The van der Waals surface area contributed by atoms with Gasteiger partial charge < -0.3 is 10.1 Å². The molecule has 0 radical (unpaired) electrons. The van der Waals surface area contributed by atoms with E-state index in [4.69, 9.17) is 16.3 Å². The fourth-order valence-corrected chi connectivity index (χ4v) is 2.09. The summed E-state index contributed by atoms with van der Waals surface area (Å²) in [7, 11) is 0. The molecule has 0 bridgehead atoms. The quantitative estimate of drug-likeness (QED) is 0.842. The first-order chi connectivity index (χ1) is 10.1. The molecule has 2 aromatic rings. The second-order valence-corrected chi connectivity index (χ2v) is 4.80. The van der Waals surface area contributed by atoms with E-state index in [1.807, 2.05) is 6.07 Å². The Hall–Kier alpha value is -2.07. The van der Waals surface area contributed by atoms with Crippen molar-refractivity contribution in [1.29, 1.82) is 0 Å². The van der Waals surface area contributed by atoms with Gasteiger partial charge in [-0.3, -0.25) is 0 Å². The van der Waals surface area contributed by atoms with E-state index < -0.39 is 17.8 Å². The Morgan fingerprint density at radius 3 is 2.67 bits per heavy atom. The molecule has 0 aromatic heterocycles. The van der Waals surface area contributed by atoms with Crippen LogP contribution in [0.25, 0.3) is 0 Å². The molecule has 0 aliphatic rings. The summed E-state index contributed by atoms with van der Waals surface area (Å²) in [6.07, 6.45) is 0. The van der Waals surface area contributed by atoms with Gasteiger partial charge in [0.15, 0.2) is 6.04 Å². The van der Waals surface area contributed by atoms with Crippen LogP contribution in [0.4, 0.5) is 10.1 Å². The number of ether oxygens (including phenoxy) is 1. The molecule has 5 heteroatoms. The lowest BCUT2D eigenvalue weighted by Gasteiger charge is -2.19. The molecule has 21 heavy (non-hydrogen) atoms. The van der Waals surface area contributed by atoms with Gasteiger partial charge in [0.05, 0.1) is 12.3 Å². The molecule has 0 saturated heterocycles. The van der Waals surface area contributed by atoms with Gasteiger partial charge in [0, 0.05) is 5.02 Å². The highest BCUT2D eigenvalue weighted by atomic mass is 35.5. The van der Waals surface area contributed by atoms with E-state index in [9.17, 15) is 9.18 Å². The van der Waals surface area contributed by atoms with Gasteiger partial charge in [-0.15, -0.1) is 0 Å². The van der Waals surface area contributed by atoms with Gasteiger partial charge in [-0.1, -0.05) is 41.9 Å². The minimum absolute atomic E-state index is 0.157. The van der Waals surface area contributed by atoms with Crippen molar-refractivity contribution in [2.24, 2.45) is 0 Å². The number of rotatable bonds is 5. The molecule has 0 saturated carbocycles. The van der Waals surface area contributed by atoms with Crippen LogP contribution in [0.3, 0.4) is 0 Å². The molecule has 0 aliphatic heterocycles. The Bertz CT molecular complexity index is 619. The van der Waals surface area contributed by atoms with Crippen molar-refractivity contribution in [2.45, 2.75) is 13.0 Å². The Labute approximate surface area is 127 Å². The predicted octanol–water partition coefficient (Wildman–Crippen LogP) is 4.20. The summed E-state index contributed by atoms with van der Waals surface area (Å²) in [4.78, 5) is 12.1. The maximum absolute atomic E-state index is 13.8. The fourth-order valence-electron chi connectivity index (χ4n) is 1.91. The molecule has 2 rings (SSSR count). The normalized spacial score (nSPS) is 11.8. The first-order valence-corrected chi connectivity index (χ1v) is 6.92. The van der Waals surface area contributed by atoms with Crippen molar-refractivity contribution in [1.82, 2.24) is 0 Å². The van der Waals surface area contributed by atoms with E-state index >= 15 is 0 Å². The highest BCUT2D eigenvalue weighted by molar-refractivity contribution is 6.30. The van der Waals surface area contributed by atoms with E-state index in [0.29, 0.717) is 10.6 Å². The highest BCUT2D eigenvalue weighted by Crippen LogP contribution is 2.25. The van der Waals surface area contributed by atoms with Crippen LogP contribution >= 0.6 is 11.6 Å². The number of benzene rings is 2. The van der Waals surface area contributed by atoms with Crippen LogP contribution < -0.4 is 5.32 Å². The first kappa shape index (κ1) is 15.3. The lowest BCUT2D eigenvalue weighted by atomic mass is 10.1. The van der Waals surface area contributed by atoms with Crippen molar-refractivity contribution in [2.75, 3.05) is 11.9 Å². The highest BCUT2D eigenvalue weighted by Gasteiger charge is 2.22. The van der Waals surface area contributed by atoms with Gasteiger partial charge in [-0.25, -0.2) is 9.18 Å². The van der Waals surface area contributed by atoms with E-state index in [1.165, 1.54) is 18.2 Å². The molecule has 2 aromatic carbocycles. The van der Waals surface area contributed by atoms with Crippen molar-refractivity contribution in [3.8, 4) is 0 Å². The third kappa shape index (κ3) is 3.95. The minimum atomic E-state index is -0.792. The fraction of sp³-hybridized carbons (Fsp3) is 0.188. The zero-order valence-corrected chi connectivity index (χ0v) is 12.2. The van der Waals surface area contributed by atoms with E-state index in [1.54, 1.807) is 31.2 Å². The van der Waals surface area contributed by atoms with Crippen LogP contribution in [0, 0.1) is 5.82 Å². The number of esters is 1. The molecule has 1 N–H and O–H groups in total. The number of carbonyl (C=O) groups is 1. The molecule has 110 valence electrons. The molecule has 0 amide bonds. The average molecular weight is 308 g/mol. The molecular formula is C16H15ClFNO2.